The van der Waals surface area contributed by atoms with E-state index in [0.29, 0.717) is 0 Å². The van der Waals surface area contributed by atoms with Crippen molar-refractivity contribution in [3.63, 3.8) is 0 Å². The Bertz CT molecular complexity index is 2400. The molecule has 10 rings (SSSR count). The van der Waals surface area contributed by atoms with Crippen molar-refractivity contribution in [2.75, 3.05) is 9.80 Å². The lowest BCUT2D eigenvalue weighted by Crippen LogP contribution is -2.32. The quantitative estimate of drug-likeness (QED) is 0.175. The first-order valence-corrected chi connectivity index (χ1v) is 19.2. The molecule has 0 radical (unpaired) electrons. The largest absolute Gasteiger partial charge is 0.309 e. The summed E-state index contributed by atoms with van der Waals surface area (Å²) in [6.07, 6.45) is 1.74. The highest BCUT2D eigenvalue weighted by Crippen LogP contribution is 2.58. The van der Waals surface area contributed by atoms with E-state index in [2.05, 4.69) is 137 Å². The van der Waals surface area contributed by atoms with Gasteiger partial charge < -0.3 is 14.4 Å². The first-order valence-electron chi connectivity index (χ1n) is 16.7. The monoisotopic (exact) mass is 666 g/mol. The van der Waals surface area contributed by atoms with Gasteiger partial charge in [0, 0.05) is 61.3 Å². The van der Waals surface area contributed by atoms with E-state index in [1.54, 1.807) is 11.8 Å². The normalized spacial score (nSPS) is 16.8. The van der Waals surface area contributed by atoms with Crippen molar-refractivity contribution in [2.24, 2.45) is 0 Å². The van der Waals surface area contributed by atoms with Gasteiger partial charge in [0.25, 0.3) is 0 Å². The Kier molecular flexibility index (Phi) is 6.52. The minimum atomic E-state index is -3.25. The van der Waals surface area contributed by atoms with E-state index in [1.165, 1.54) is 33.6 Å². The van der Waals surface area contributed by atoms with E-state index in [9.17, 15) is 0 Å². The summed E-state index contributed by atoms with van der Waals surface area (Å²) in [4.78, 5) is 6.94. The third-order valence-corrected chi connectivity index (χ3v) is 14.7. The number of para-hydroxylation sites is 4. The molecule has 7 aromatic rings. The molecule has 0 spiro atoms. The van der Waals surface area contributed by atoms with Crippen molar-refractivity contribution in [3.05, 3.63) is 186 Å². The summed E-state index contributed by atoms with van der Waals surface area (Å²) < 4.78 is 16.0. The number of hydrogen-bond acceptors (Lipinski definition) is 4. The van der Waals surface area contributed by atoms with Crippen molar-refractivity contribution in [2.45, 2.75) is 22.6 Å². The second-order valence-corrected chi connectivity index (χ2v) is 16.6. The number of fused-ring (bicyclic) bond motifs is 6. The van der Waals surface area contributed by atoms with Gasteiger partial charge in [0.05, 0.1) is 11.4 Å². The lowest BCUT2D eigenvalue weighted by atomic mass is 9.93. The van der Waals surface area contributed by atoms with Gasteiger partial charge in [-0.3, -0.25) is 0 Å². The SMILES string of the molecule is O=P1(c2ccccc2)c2ccccc2Sc2cc(N3c4ccccc4Cc4ccccc43)c(N3c4ccccc4Cc4ccccc43)cc21. The minimum Gasteiger partial charge on any atom is -0.309 e. The van der Waals surface area contributed by atoms with Gasteiger partial charge in [-0.15, -0.1) is 0 Å². The van der Waals surface area contributed by atoms with Crippen LogP contribution in [0.1, 0.15) is 22.3 Å². The van der Waals surface area contributed by atoms with E-state index in [-0.39, 0.29) is 0 Å². The molecule has 3 aliphatic heterocycles. The number of anilines is 6. The van der Waals surface area contributed by atoms with Crippen LogP contribution in [0.2, 0.25) is 0 Å². The van der Waals surface area contributed by atoms with E-state index in [4.69, 9.17) is 0 Å². The fourth-order valence-electron chi connectivity index (χ4n) is 7.90. The smallest absolute Gasteiger partial charge is 0.173 e. The van der Waals surface area contributed by atoms with Crippen molar-refractivity contribution < 1.29 is 4.57 Å². The van der Waals surface area contributed by atoms with Gasteiger partial charge in [0.1, 0.15) is 0 Å². The molecule has 3 nitrogen and oxygen atoms in total. The molecule has 49 heavy (non-hydrogen) atoms. The van der Waals surface area contributed by atoms with Gasteiger partial charge in [-0.1, -0.05) is 127 Å². The molecular formula is C44H31N2OPS. The molecule has 0 saturated carbocycles. The fraction of sp³-hybridized carbons (Fsp3) is 0.0455. The van der Waals surface area contributed by atoms with Gasteiger partial charge in [-0.05, 0) is 70.8 Å². The Labute approximate surface area is 290 Å². The summed E-state index contributed by atoms with van der Waals surface area (Å²) in [7, 11) is -3.25. The predicted molar refractivity (Wildman–Crippen MR) is 205 cm³/mol. The Morgan fingerprint density at radius 2 is 0.837 bits per heavy atom. The van der Waals surface area contributed by atoms with Crippen LogP contribution in [0.15, 0.2) is 174 Å². The van der Waals surface area contributed by atoms with Gasteiger partial charge >= 0.3 is 0 Å². The van der Waals surface area contributed by atoms with Gasteiger partial charge in [0.2, 0.25) is 0 Å². The Morgan fingerprint density at radius 1 is 0.408 bits per heavy atom. The molecule has 0 amide bonds. The summed E-state index contributed by atoms with van der Waals surface area (Å²) in [5.74, 6) is 0. The maximum Gasteiger partial charge on any atom is 0.173 e. The summed E-state index contributed by atoms with van der Waals surface area (Å²) in [6, 6.07) is 57.9. The van der Waals surface area contributed by atoms with Gasteiger partial charge in [-0.25, -0.2) is 0 Å². The zero-order chi connectivity index (χ0) is 32.5. The molecule has 0 aliphatic carbocycles. The van der Waals surface area contributed by atoms with E-state index < -0.39 is 7.14 Å². The molecule has 5 heteroatoms. The number of benzene rings is 7. The van der Waals surface area contributed by atoms with E-state index in [1.807, 2.05) is 36.4 Å². The third kappa shape index (κ3) is 4.34. The zero-order valence-corrected chi connectivity index (χ0v) is 28.4. The van der Waals surface area contributed by atoms with Gasteiger partial charge in [0.15, 0.2) is 7.14 Å². The topological polar surface area (TPSA) is 23.6 Å². The summed E-state index contributed by atoms with van der Waals surface area (Å²) >= 11 is 1.73. The van der Waals surface area contributed by atoms with Crippen molar-refractivity contribution >= 4 is 68.9 Å². The molecule has 0 bridgehead atoms. The van der Waals surface area contributed by atoms with Crippen LogP contribution in [0.5, 0.6) is 0 Å². The highest BCUT2D eigenvalue weighted by molar-refractivity contribution is 8.02. The first kappa shape index (κ1) is 28.7. The molecule has 1 atom stereocenters. The fourth-order valence-corrected chi connectivity index (χ4v) is 12.6. The van der Waals surface area contributed by atoms with Crippen LogP contribution >= 0.6 is 18.9 Å². The maximum atomic E-state index is 16.0. The third-order valence-electron chi connectivity index (χ3n) is 10.1. The predicted octanol–water partition coefficient (Wildman–Crippen LogP) is 10.5. The molecule has 1 unspecified atom stereocenters. The van der Waals surface area contributed by atoms with E-state index >= 15 is 4.57 Å². The number of nitrogens with zero attached hydrogens (tertiary/aromatic N) is 2. The van der Waals surface area contributed by atoms with Crippen LogP contribution in [0.3, 0.4) is 0 Å². The second-order valence-electron chi connectivity index (χ2n) is 12.9. The first-order chi connectivity index (χ1) is 24.2. The highest BCUT2D eigenvalue weighted by Gasteiger charge is 2.41. The van der Waals surface area contributed by atoms with E-state index in [0.717, 1.165) is 61.3 Å². The number of rotatable bonds is 3. The standard InChI is InChI=1S/C44H31N2OPS/c47-48(34-18-2-1-3-19-34)41-24-12-13-25-43(41)49-44-29-40(46-37-22-10-6-16-32(37)27-33-17-7-11-23-38(33)46)39(28-42(44)48)45-35-20-8-4-14-30(35)26-31-15-5-9-21-36(31)45/h1-25,28-29H,26-27H2. The van der Waals surface area contributed by atoms with Crippen LogP contribution in [0.4, 0.5) is 34.1 Å². The average Bonchev–Trinajstić information content (AvgIpc) is 3.16. The highest BCUT2D eigenvalue weighted by atomic mass is 32.2. The van der Waals surface area contributed by atoms with Crippen molar-refractivity contribution in [3.8, 4) is 0 Å². The van der Waals surface area contributed by atoms with Gasteiger partial charge in [-0.2, -0.15) is 0 Å². The Morgan fingerprint density at radius 3 is 1.37 bits per heavy atom. The summed E-state index contributed by atoms with van der Waals surface area (Å²) in [5, 5.41) is 2.65. The van der Waals surface area contributed by atoms with Crippen LogP contribution in [0.25, 0.3) is 0 Å². The summed E-state index contributed by atoms with van der Waals surface area (Å²) in [5.41, 5.74) is 11.9. The molecule has 0 aromatic heterocycles. The molecule has 0 N–H and O–H groups in total. The molecule has 234 valence electrons. The lowest BCUT2D eigenvalue weighted by Gasteiger charge is -2.40. The molecule has 0 fully saturated rings. The average molecular weight is 667 g/mol. The van der Waals surface area contributed by atoms with Crippen LogP contribution in [-0.2, 0) is 17.4 Å². The van der Waals surface area contributed by atoms with Crippen LogP contribution in [-0.4, -0.2) is 0 Å². The minimum absolute atomic E-state index is 0.857. The molecular weight excluding hydrogens is 636 g/mol. The van der Waals surface area contributed by atoms with Crippen LogP contribution in [0, 0.1) is 0 Å². The molecule has 7 aromatic carbocycles. The zero-order valence-electron chi connectivity index (χ0n) is 26.7. The molecule has 0 saturated heterocycles. The lowest BCUT2D eigenvalue weighted by molar-refractivity contribution is 0.591. The molecule has 3 aliphatic rings. The van der Waals surface area contributed by atoms with Crippen molar-refractivity contribution in [1.82, 2.24) is 0 Å². The summed E-state index contributed by atoms with van der Waals surface area (Å²) in [6.45, 7) is 0. The Balaban J connectivity index is 1.33. The maximum absolute atomic E-state index is 16.0. The molecule has 3 heterocycles. The Hall–Kier alpha value is -5.28. The van der Waals surface area contributed by atoms with Crippen LogP contribution < -0.4 is 25.7 Å². The number of hydrogen-bond donors (Lipinski definition) is 0. The second kappa shape index (κ2) is 11.1. The van der Waals surface area contributed by atoms with Crippen molar-refractivity contribution in [1.29, 1.82) is 0 Å².